The van der Waals surface area contributed by atoms with E-state index < -0.39 is 41.1 Å². The van der Waals surface area contributed by atoms with Gasteiger partial charge in [-0.25, -0.2) is 0 Å². The number of hydrogen-bond acceptors (Lipinski definition) is 3. The van der Waals surface area contributed by atoms with Crippen molar-refractivity contribution >= 4 is 11.8 Å². The highest BCUT2D eigenvalue weighted by atomic mass is 19.4. The van der Waals surface area contributed by atoms with Gasteiger partial charge >= 0.3 is 18.3 Å². The topological polar surface area (TPSA) is 43.4 Å². The molecule has 1 aromatic carbocycles. The normalized spacial score (nSPS) is 18.8. The number of hydrogen-bond donors (Lipinski definition) is 0. The van der Waals surface area contributed by atoms with E-state index >= 15 is 0 Å². The van der Waals surface area contributed by atoms with Crippen molar-refractivity contribution in [3.05, 3.63) is 46.7 Å². The van der Waals surface area contributed by atoms with Gasteiger partial charge in [-0.3, -0.25) is 9.59 Å². The lowest BCUT2D eigenvalue weighted by molar-refractivity contribution is -0.143. The van der Waals surface area contributed by atoms with Gasteiger partial charge in [0.2, 0.25) is 0 Å². The van der Waals surface area contributed by atoms with E-state index in [1.807, 2.05) is 0 Å². The molecule has 1 atom stereocenters. The third-order valence-electron chi connectivity index (χ3n) is 3.57. The van der Waals surface area contributed by atoms with Crippen LogP contribution in [-0.4, -0.2) is 11.8 Å². The van der Waals surface area contributed by atoms with Crippen LogP contribution in [0.5, 0.6) is 0 Å². The number of allylic oxidation sites excluding steroid dienone is 2. The number of carbonyl (C=O) groups excluding carboxylic acids is 2. The van der Waals surface area contributed by atoms with Crippen molar-refractivity contribution in [1.82, 2.24) is 0 Å². The van der Waals surface area contributed by atoms with Crippen LogP contribution in [0.25, 0.3) is 0 Å². The molecule has 2 rings (SSSR count). The summed E-state index contributed by atoms with van der Waals surface area (Å²) < 4.78 is 82.2. The van der Waals surface area contributed by atoms with Gasteiger partial charge < -0.3 is 4.74 Å². The van der Waals surface area contributed by atoms with Crippen molar-refractivity contribution in [2.75, 3.05) is 0 Å². The smallest absolute Gasteiger partial charge is 0.416 e. The second kappa shape index (κ2) is 6.53. The predicted molar refractivity (Wildman–Crippen MR) is 73.3 cm³/mol. The summed E-state index contributed by atoms with van der Waals surface area (Å²) >= 11 is 0. The highest BCUT2D eigenvalue weighted by Crippen LogP contribution is 2.40. The summed E-state index contributed by atoms with van der Waals surface area (Å²) in [6, 6.07) is 1.20. The summed E-state index contributed by atoms with van der Waals surface area (Å²) in [5, 5.41) is 0. The number of rotatable bonds is 2. The molecule has 0 amide bonds. The number of esters is 1. The second-order valence-electron chi connectivity index (χ2n) is 5.61. The zero-order valence-corrected chi connectivity index (χ0v) is 12.8. The number of benzene rings is 1. The third-order valence-corrected chi connectivity index (χ3v) is 3.57. The summed E-state index contributed by atoms with van der Waals surface area (Å²) in [6.45, 7) is 1.07. The molecule has 0 spiro atoms. The van der Waals surface area contributed by atoms with Gasteiger partial charge in [0.1, 0.15) is 5.76 Å². The van der Waals surface area contributed by atoms with Crippen molar-refractivity contribution in [2.24, 2.45) is 0 Å². The lowest BCUT2D eigenvalue weighted by atomic mass is 9.84. The molecule has 0 heterocycles. The van der Waals surface area contributed by atoms with E-state index in [0.717, 1.165) is 13.0 Å². The van der Waals surface area contributed by atoms with Crippen molar-refractivity contribution in [3.8, 4) is 0 Å². The number of halogens is 6. The Bertz CT molecular complexity index is 698. The van der Waals surface area contributed by atoms with Gasteiger partial charge in [-0.05, 0) is 29.7 Å². The van der Waals surface area contributed by atoms with Crippen molar-refractivity contribution in [1.29, 1.82) is 0 Å². The van der Waals surface area contributed by atoms with Gasteiger partial charge in [0, 0.05) is 25.8 Å². The zero-order valence-electron chi connectivity index (χ0n) is 12.8. The molecule has 136 valence electrons. The minimum atomic E-state index is -4.97. The van der Waals surface area contributed by atoms with Crippen molar-refractivity contribution in [3.63, 3.8) is 0 Å². The molecule has 0 N–H and O–H groups in total. The molecule has 0 fully saturated rings. The number of alkyl halides is 6. The van der Waals surface area contributed by atoms with Gasteiger partial charge in [0.15, 0.2) is 5.78 Å². The fraction of sp³-hybridized carbons (Fsp3) is 0.375. The zero-order chi connectivity index (χ0) is 19.0. The third kappa shape index (κ3) is 4.83. The summed E-state index contributed by atoms with van der Waals surface area (Å²) in [5.41, 5.74) is -3.19. The van der Waals surface area contributed by atoms with Gasteiger partial charge in [-0.2, -0.15) is 26.3 Å². The van der Waals surface area contributed by atoms with E-state index in [-0.39, 0.29) is 30.2 Å². The standard InChI is InChI=1S/C16H12F6O3/c1-8(23)25-14-5-10(4-13(24)7-14)9-2-11(15(17,18)19)6-12(3-9)16(20,21)22/h2-3,6-7,10H,4-5H2,1H3. The maximum atomic E-state index is 12.9. The molecule has 9 heteroatoms. The number of ether oxygens (including phenoxy) is 1. The molecule has 1 aromatic rings. The Balaban J connectivity index is 2.46. The molecule has 0 aliphatic heterocycles. The Morgan fingerprint density at radius 3 is 1.96 bits per heavy atom. The number of ketones is 1. The van der Waals surface area contributed by atoms with Crippen LogP contribution in [0.1, 0.15) is 42.4 Å². The second-order valence-corrected chi connectivity index (χ2v) is 5.61. The lowest BCUT2D eigenvalue weighted by Gasteiger charge is -2.23. The molecule has 0 bridgehead atoms. The predicted octanol–water partition coefficient (Wildman–Crippen LogP) is 4.62. The van der Waals surface area contributed by atoms with Gasteiger partial charge in [0.25, 0.3) is 0 Å². The molecule has 0 saturated carbocycles. The number of carbonyl (C=O) groups is 2. The minimum absolute atomic E-state index is 0.0248. The Morgan fingerprint density at radius 2 is 1.52 bits per heavy atom. The average Bonchev–Trinajstić information content (AvgIpc) is 2.43. The van der Waals surface area contributed by atoms with E-state index in [0.29, 0.717) is 12.1 Å². The Labute approximate surface area is 138 Å². The van der Waals surface area contributed by atoms with Crippen molar-refractivity contribution in [2.45, 2.75) is 38.0 Å². The van der Waals surface area contributed by atoms with Crippen LogP contribution in [0.2, 0.25) is 0 Å². The quantitative estimate of drug-likeness (QED) is 0.567. The summed E-state index contributed by atoms with van der Waals surface area (Å²) in [5.74, 6) is -2.31. The van der Waals surface area contributed by atoms with Crippen LogP contribution in [0, 0.1) is 0 Å². The van der Waals surface area contributed by atoms with E-state index in [2.05, 4.69) is 0 Å². The lowest BCUT2D eigenvalue weighted by Crippen LogP contribution is -2.18. The van der Waals surface area contributed by atoms with Gasteiger partial charge in [0.05, 0.1) is 11.1 Å². The van der Waals surface area contributed by atoms with Crippen LogP contribution in [0.15, 0.2) is 30.0 Å². The van der Waals surface area contributed by atoms with Crippen LogP contribution < -0.4 is 0 Å². The Kier molecular flexibility index (Phi) is 4.97. The van der Waals surface area contributed by atoms with Crippen LogP contribution in [0.3, 0.4) is 0 Å². The SMILES string of the molecule is CC(=O)OC1=CC(=O)CC(c2cc(C(F)(F)F)cc(C(F)(F)F)c2)C1. The van der Waals surface area contributed by atoms with Crippen LogP contribution in [0.4, 0.5) is 26.3 Å². The first kappa shape index (κ1) is 19.0. The van der Waals surface area contributed by atoms with E-state index in [9.17, 15) is 35.9 Å². The molecule has 0 radical (unpaired) electrons. The van der Waals surface area contributed by atoms with Gasteiger partial charge in [-0.15, -0.1) is 0 Å². The first-order chi connectivity index (χ1) is 11.4. The molecule has 1 aliphatic rings. The molecule has 0 aromatic heterocycles. The molecule has 0 saturated heterocycles. The highest BCUT2D eigenvalue weighted by Gasteiger charge is 2.38. The maximum absolute atomic E-state index is 12.9. The minimum Gasteiger partial charge on any atom is -0.431 e. The molecule has 1 unspecified atom stereocenters. The Hall–Kier alpha value is -2.32. The average molecular weight is 366 g/mol. The van der Waals surface area contributed by atoms with E-state index in [4.69, 9.17) is 4.74 Å². The van der Waals surface area contributed by atoms with Crippen LogP contribution in [-0.2, 0) is 26.7 Å². The highest BCUT2D eigenvalue weighted by molar-refractivity contribution is 5.92. The van der Waals surface area contributed by atoms with E-state index in [1.54, 1.807) is 0 Å². The van der Waals surface area contributed by atoms with Crippen LogP contribution >= 0.6 is 0 Å². The maximum Gasteiger partial charge on any atom is 0.416 e. The molecule has 25 heavy (non-hydrogen) atoms. The Morgan fingerprint density at radius 1 is 1.00 bits per heavy atom. The van der Waals surface area contributed by atoms with Crippen molar-refractivity contribution < 1.29 is 40.7 Å². The molecular weight excluding hydrogens is 354 g/mol. The fourth-order valence-corrected chi connectivity index (χ4v) is 2.56. The first-order valence-corrected chi connectivity index (χ1v) is 7.07. The largest absolute Gasteiger partial charge is 0.431 e. The molecular formula is C16H12F6O3. The first-order valence-electron chi connectivity index (χ1n) is 7.07. The van der Waals surface area contributed by atoms with E-state index in [1.165, 1.54) is 0 Å². The fourth-order valence-electron chi connectivity index (χ4n) is 2.56. The summed E-state index contributed by atoms with van der Waals surface area (Å²) in [7, 11) is 0. The van der Waals surface area contributed by atoms with Gasteiger partial charge in [-0.1, -0.05) is 0 Å². The molecule has 3 nitrogen and oxygen atoms in total. The monoisotopic (exact) mass is 366 g/mol. The molecule has 1 aliphatic carbocycles. The summed E-state index contributed by atoms with van der Waals surface area (Å²) in [6.07, 6.45) is -9.34. The summed E-state index contributed by atoms with van der Waals surface area (Å²) in [4.78, 5) is 22.7.